The molecule has 0 fully saturated rings. The predicted octanol–water partition coefficient (Wildman–Crippen LogP) is 3.36. The Labute approximate surface area is 136 Å². The van der Waals surface area contributed by atoms with Gasteiger partial charge >= 0.3 is 0 Å². The number of anilines is 1. The van der Waals surface area contributed by atoms with E-state index in [0.717, 1.165) is 0 Å². The van der Waals surface area contributed by atoms with Crippen molar-refractivity contribution in [3.05, 3.63) is 40.9 Å². The van der Waals surface area contributed by atoms with Gasteiger partial charge in [0, 0.05) is 24.2 Å². The first-order valence-corrected chi connectivity index (χ1v) is 7.42. The lowest BCUT2D eigenvalue weighted by molar-refractivity contribution is 0.511. The number of fused-ring (bicyclic) bond motifs is 2. The molecule has 0 bridgehead atoms. The molecule has 0 aliphatic rings. The van der Waals surface area contributed by atoms with Crippen molar-refractivity contribution in [3.8, 4) is 11.3 Å². The average molecular weight is 379 g/mol. The number of hydrogen-bond donors (Lipinski definition) is 2. The summed E-state index contributed by atoms with van der Waals surface area (Å²) in [4.78, 5) is 8.61. The topological polar surface area (TPSA) is 70.9 Å². The van der Waals surface area contributed by atoms with Gasteiger partial charge in [0.2, 0.25) is 0 Å². The zero-order chi connectivity index (χ0) is 16.1. The summed E-state index contributed by atoms with van der Waals surface area (Å²) in [5, 5.41) is 9.65. The van der Waals surface area contributed by atoms with Gasteiger partial charge in [0.25, 0.3) is 0 Å². The van der Waals surface area contributed by atoms with Gasteiger partial charge in [-0.1, -0.05) is 0 Å². The normalized spacial score (nSPS) is 11.5. The number of nitrogens with zero attached hydrogens (tertiary/aromatic N) is 4. The quantitative estimate of drug-likeness (QED) is 0.524. The van der Waals surface area contributed by atoms with Crippen LogP contribution in [0.5, 0.6) is 0 Å². The fraction of sp³-hybridized carbons (Fsp3) is 0.0714. The maximum atomic E-state index is 14.1. The summed E-state index contributed by atoms with van der Waals surface area (Å²) in [7, 11) is 1.76. The number of hydrogen-bond acceptors (Lipinski definition) is 4. The van der Waals surface area contributed by atoms with Gasteiger partial charge in [-0.2, -0.15) is 5.10 Å². The largest absolute Gasteiger partial charge is 0.372 e. The Hall–Kier alpha value is -2.55. The van der Waals surface area contributed by atoms with Crippen LogP contribution in [-0.2, 0) is 0 Å². The van der Waals surface area contributed by atoms with Crippen molar-refractivity contribution in [2.75, 3.05) is 12.4 Å². The number of rotatable bonds is 2. The Morgan fingerprint density at radius 2 is 2.04 bits per heavy atom. The molecule has 0 unspecified atom stereocenters. The lowest BCUT2D eigenvalue weighted by atomic mass is 10.1. The number of aromatic nitrogens is 5. The molecule has 6 nitrogen and oxygen atoms in total. The molecule has 2 N–H and O–H groups in total. The molecule has 0 radical (unpaired) electrons. The van der Waals surface area contributed by atoms with E-state index < -0.39 is 11.6 Å². The lowest BCUT2D eigenvalue weighted by Crippen LogP contribution is -1.96. The first kappa shape index (κ1) is 14.1. The molecule has 0 atom stereocenters. The monoisotopic (exact) mass is 378 g/mol. The Balaban J connectivity index is 2.03. The van der Waals surface area contributed by atoms with Crippen molar-refractivity contribution >= 4 is 38.3 Å². The van der Waals surface area contributed by atoms with Crippen LogP contribution in [0.15, 0.2) is 29.3 Å². The van der Waals surface area contributed by atoms with Crippen LogP contribution >= 0.6 is 15.9 Å². The van der Waals surface area contributed by atoms with Crippen molar-refractivity contribution < 1.29 is 8.78 Å². The van der Waals surface area contributed by atoms with E-state index in [1.807, 2.05) is 0 Å². The van der Waals surface area contributed by atoms with E-state index in [2.05, 4.69) is 41.4 Å². The molecule has 4 aromatic rings. The van der Waals surface area contributed by atoms with Crippen LogP contribution in [0.1, 0.15) is 0 Å². The van der Waals surface area contributed by atoms with E-state index in [1.54, 1.807) is 30.0 Å². The SMILES string of the molecule is CNc1cn2cc(-c3c(Br)c(F)c(F)c4[nH]ncc34)ncc2n1. The number of H-pyrrole nitrogens is 1. The molecule has 0 spiro atoms. The van der Waals surface area contributed by atoms with E-state index >= 15 is 0 Å². The van der Waals surface area contributed by atoms with Crippen LogP contribution in [0.25, 0.3) is 27.8 Å². The molecular formula is C14H9BrF2N6. The minimum atomic E-state index is -0.986. The molecule has 0 aliphatic heterocycles. The zero-order valence-electron chi connectivity index (χ0n) is 11.7. The summed E-state index contributed by atoms with van der Waals surface area (Å²) < 4.78 is 29.9. The van der Waals surface area contributed by atoms with Gasteiger partial charge in [0.15, 0.2) is 17.3 Å². The Morgan fingerprint density at radius 1 is 1.22 bits per heavy atom. The summed E-state index contributed by atoms with van der Waals surface area (Å²) in [6.07, 6.45) is 6.49. The molecule has 4 rings (SSSR count). The van der Waals surface area contributed by atoms with Crippen molar-refractivity contribution in [1.29, 1.82) is 0 Å². The van der Waals surface area contributed by atoms with Crippen LogP contribution in [0.4, 0.5) is 14.6 Å². The molecule has 23 heavy (non-hydrogen) atoms. The molecule has 0 saturated heterocycles. The van der Waals surface area contributed by atoms with Crippen LogP contribution < -0.4 is 5.32 Å². The maximum Gasteiger partial charge on any atom is 0.185 e. The minimum Gasteiger partial charge on any atom is -0.372 e. The summed E-state index contributed by atoms with van der Waals surface area (Å²) in [6.45, 7) is 0. The molecule has 1 aromatic carbocycles. The van der Waals surface area contributed by atoms with Gasteiger partial charge in [-0.15, -0.1) is 0 Å². The highest BCUT2D eigenvalue weighted by atomic mass is 79.9. The summed E-state index contributed by atoms with van der Waals surface area (Å²) in [6, 6.07) is 0. The van der Waals surface area contributed by atoms with E-state index in [-0.39, 0.29) is 9.99 Å². The minimum absolute atomic E-state index is 0.00384. The molecular weight excluding hydrogens is 370 g/mol. The maximum absolute atomic E-state index is 14.1. The van der Waals surface area contributed by atoms with Gasteiger partial charge in [-0.3, -0.25) is 10.1 Å². The molecule has 0 aliphatic carbocycles. The number of aromatic amines is 1. The van der Waals surface area contributed by atoms with Crippen LogP contribution in [0.2, 0.25) is 0 Å². The van der Waals surface area contributed by atoms with Crippen molar-refractivity contribution in [1.82, 2.24) is 24.6 Å². The van der Waals surface area contributed by atoms with Gasteiger partial charge < -0.3 is 9.72 Å². The molecule has 0 amide bonds. The highest BCUT2D eigenvalue weighted by Crippen LogP contribution is 2.37. The standard InChI is InChI=1S/C14H9BrF2N6/c1-18-8-5-23-4-7(19-3-9(23)21-8)10-6-2-20-22-14(6)13(17)12(16)11(10)15/h2-5,18H,1H3,(H,20,22). The third-order valence-electron chi connectivity index (χ3n) is 3.59. The van der Waals surface area contributed by atoms with E-state index in [0.29, 0.717) is 28.1 Å². The fourth-order valence-corrected chi connectivity index (χ4v) is 3.07. The molecule has 3 heterocycles. The lowest BCUT2D eigenvalue weighted by Gasteiger charge is -2.08. The fourth-order valence-electron chi connectivity index (χ4n) is 2.48. The van der Waals surface area contributed by atoms with Gasteiger partial charge in [-0.25, -0.2) is 13.8 Å². The van der Waals surface area contributed by atoms with Gasteiger partial charge in [0.05, 0.1) is 28.8 Å². The zero-order valence-corrected chi connectivity index (χ0v) is 13.3. The molecule has 116 valence electrons. The first-order chi connectivity index (χ1) is 11.1. The Morgan fingerprint density at radius 3 is 2.83 bits per heavy atom. The van der Waals surface area contributed by atoms with E-state index in [1.165, 1.54) is 6.20 Å². The third kappa shape index (κ3) is 2.00. The number of halogens is 3. The summed E-state index contributed by atoms with van der Waals surface area (Å²) in [5.41, 5.74) is 1.54. The Bertz CT molecular complexity index is 1050. The van der Waals surface area contributed by atoms with Crippen molar-refractivity contribution in [2.45, 2.75) is 0 Å². The van der Waals surface area contributed by atoms with E-state index in [4.69, 9.17) is 0 Å². The molecule has 0 saturated carbocycles. The van der Waals surface area contributed by atoms with Crippen LogP contribution in [-0.4, -0.2) is 31.6 Å². The second-order valence-corrected chi connectivity index (χ2v) is 5.68. The van der Waals surface area contributed by atoms with Gasteiger partial charge in [-0.05, 0) is 15.9 Å². The smallest absolute Gasteiger partial charge is 0.185 e. The van der Waals surface area contributed by atoms with Gasteiger partial charge in [0.1, 0.15) is 11.3 Å². The average Bonchev–Trinajstić information content (AvgIpc) is 3.18. The highest BCUT2D eigenvalue weighted by molar-refractivity contribution is 9.10. The van der Waals surface area contributed by atoms with Crippen LogP contribution in [0.3, 0.4) is 0 Å². The Kier molecular flexibility index (Phi) is 3.05. The first-order valence-electron chi connectivity index (χ1n) is 6.62. The predicted molar refractivity (Wildman–Crippen MR) is 85.2 cm³/mol. The van der Waals surface area contributed by atoms with Crippen LogP contribution in [0, 0.1) is 11.6 Å². The number of imidazole rings is 1. The van der Waals surface area contributed by atoms with E-state index in [9.17, 15) is 8.78 Å². The highest BCUT2D eigenvalue weighted by Gasteiger charge is 2.21. The number of benzene rings is 1. The second kappa shape index (κ2) is 4.98. The molecule has 3 aromatic heterocycles. The number of nitrogens with one attached hydrogen (secondary N) is 2. The third-order valence-corrected chi connectivity index (χ3v) is 4.33. The van der Waals surface area contributed by atoms with Crippen molar-refractivity contribution in [2.24, 2.45) is 0 Å². The van der Waals surface area contributed by atoms with Crippen molar-refractivity contribution in [3.63, 3.8) is 0 Å². The summed E-state index contributed by atoms with van der Waals surface area (Å²) in [5.74, 6) is -1.28. The molecule has 9 heteroatoms. The summed E-state index contributed by atoms with van der Waals surface area (Å²) >= 11 is 3.12. The second-order valence-electron chi connectivity index (χ2n) is 4.89.